The lowest BCUT2D eigenvalue weighted by Crippen LogP contribution is -2.52. The normalized spacial score (nSPS) is 29.6. The van der Waals surface area contributed by atoms with Crippen LogP contribution in [0.15, 0.2) is 0 Å². The molecule has 1 rings (SSSR count). The Kier molecular flexibility index (Phi) is 5.26. The van der Waals surface area contributed by atoms with Gasteiger partial charge in [-0.05, 0) is 44.3 Å². The van der Waals surface area contributed by atoms with E-state index in [9.17, 15) is 0 Å². The first-order chi connectivity index (χ1) is 7.51. The molecule has 0 heterocycles. The maximum atomic E-state index is 3.73. The molecule has 2 nitrogen and oxygen atoms in total. The minimum atomic E-state index is 0.466. The second kappa shape index (κ2) is 6.02. The summed E-state index contributed by atoms with van der Waals surface area (Å²) in [7, 11) is 2.24. The highest BCUT2D eigenvalue weighted by molar-refractivity contribution is 4.93. The van der Waals surface area contributed by atoms with E-state index in [4.69, 9.17) is 0 Å². The summed E-state index contributed by atoms with van der Waals surface area (Å²) in [6.07, 6.45) is 4.17. The van der Waals surface area contributed by atoms with Gasteiger partial charge >= 0.3 is 0 Å². The minimum Gasteiger partial charge on any atom is -0.313 e. The summed E-state index contributed by atoms with van der Waals surface area (Å²) >= 11 is 0. The van der Waals surface area contributed by atoms with Gasteiger partial charge in [0.2, 0.25) is 0 Å². The summed E-state index contributed by atoms with van der Waals surface area (Å²) in [5.41, 5.74) is 0.466. The van der Waals surface area contributed by atoms with Crippen molar-refractivity contribution >= 4 is 0 Å². The molecule has 0 aliphatic heterocycles. The number of rotatable bonds is 5. The Hall–Kier alpha value is -0.0800. The standard InChI is InChI=1S/C14H30N2/c1-6-15-13-12(11-16(5)7-2)9-8-10-14(13,3)4/h12-13,15H,6-11H2,1-5H3. The first kappa shape index (κ1) is 14.0. The van der Waals surface area contributed by atoms with Crippen LogP contribution in [0.25, 0.3) is 0 Å². The summed E-state index contributed by atoms with van der Waals surface area (Å²) in [5, 5.41) is 3.73. The first-order valence-corrected chi connectivity index (χ1v) is 6.93. The fourth-order valence-corrected chi connectivity index (χ4v) is 3.17. The van der Waals surface area contributed by atoms with Crippen LogP contribution in [0.3, 0.4) is 0 Å². The molecule has 96 valence electrons. The van der Waals surface area contributed by atoms with Crippen LogP contribution in [-0.2, 0) is 0 Å². The lowest BCUT2D eigenvalue weighted by atomic mass is 9.67. The molecule has 2 heteroatoms. The van der Waals surface area contributed by atoms with Gasteiger partial charge in [-0.3, -0.25) is 0 Å². The van der Waals surface area contributed by atoms with E-state index < -0.39 is 0 Å². The third-order valence-corrected chi connectivity index (χ3v) is 4.22. The van der Waals surface area contributed by atoms with Crippen LogP contribution in [0.5, 0.6) is 0 Å². The molecule has 1 aliphatic carbocycles. The van der Waals surface area contributed by atoms with E-state index in [2.05, 4.69) is 45.0 Å². The molecule has 0 saturated heterocycles. The lowest BCUT2D eigenvalue weighted by molar-refractivity contribution is 0.0876. The molecule has 1 saturated carbocycles. The van der Waals surface area contributed by atoms with E-state index in [1.807, 2.05) is 0 Å². The van der Waals surface area contributed by atoms with Crippen LogP contribution in [0.4, 0.5) is 0 Å². The monoisotopic (exact) mass is 226 g/mol. The van der Waals surface area contributed by atoms with Gasteiger partial charge in [0.05, 0.1) is 0 Å². The van der Waals surface area contributed by atoms with E-state index >= 15 is 0 Å². The second-order valence-electron chi connectivity index (χ2n) is 6.03. The summed E-state index contributed by atoms with van der Waals surface area (Å²) in [4.78, 5) is 2.45. The summed E-state index contributed by atoms with van der Waals surface area (Å²) in [5.74, 6) is 0.827. The van der Waals surface area contributed by atoms with Crippen molar-refractivity contribution in [2.45, 2.75) is 53.0 Å². The zero-order valence-electron chi connectivity index (χ0n) is 11.8. The molecule has 0 amide bonds. The number of nitrogens with one attached hydrogen (secondary N) is 1. The van der Waals surface area contributed by atoms with Crippen molar-refractivity contribution in [3.63, 3.8) is 0 Å². The van der Waals surface area contributed by atoms with Gasteiger partial charge < -0.3 is 10.2 Å². The van der Waals surface area contributed by atoms with Gasteiger partial charge in [-0.25, -0.2) is 0 Å². The Morgan fingerprint density at radius 1 is 1.31 bits per heavy atom. The topological polar surface area (TPSA) is 15.3 Å². The molecule has 2 atom stereocenters. The highest BCUT2D eigenvalue weighted by Crippen LogP contribution is 2.39. The summed E-state index contributed by atoms with van der Waals surface area (Å²) < 4.78 is 0. The number of hydrogen-bond donors (Lipinski definition) is 1. The van der Waals surface area contributed by atoms with E-state index in [1.165, 1.54) is 25.8 Å². The Bertz CT molecular complexity index is 201. The van der Waals surface area contributed by atoms with Crippen molar-refractivity contribution in [3.05, 3.63) is 0 Å². The average molecular weight is 226 g/mol. The Morgan fingerprint density at radius 2 is 2.00 bits per heavy atom. The van der Waals surface area contributed by atoms with Crippen LogP contribution in [0.2, 0.25) is 0 Å². The largest absolute Gasteiger partial charge is 0.313 e. The van der Waals surface area contributed by atoms with E-state index in [1.54, 1.807) is 0 Å². The average Bonchev–Trinajstić information content (AvgIpc) is 2.22. The van der Waals surface area contributed by atoms with E-state index in [0.29, 0.717) is 11.5 Å². The van der Waals surface area contributed by atoms with Gasteiger partial charge in [-0.1, -0.05) is 34.1 Å². The molecular formula is C14H30N2. The highest BCUT2D eigenvalue weighted by atomic mass is 15.1. The molecule has 1 N–H and O–H groups in total. The summed E-state index contributed by atoms with van der Waals surface area (Å²) in [6.45, 7) is 12.8. The molecule has 0 bridgehead atoms. The minimum absolute atomic E-state index is 0.466. The number of hydrogen-bond acceptors (Lipinski definition) is 2. The van der Waals surface area contributed by atoms with Gasteiger partial charge in [-0.2, -0.15) is 0 Å². The zero-order valence-corrected chi connectivity index (χ0v) is 11.8. The molecule has 0 aromatic carbocycles. The van der Waals surface area contributed by atoms with Gasteiger partial charge in [-0.15, -0.1) is 0 Å². The van der Waals surface area contributed by atoms with Crippen LogP contribution in [-0.4, -0.2) is 37.6 Å². The van der Waals surface area contributed by atoms with Crippen LogP contribution in [0, 0.1) is 11.3 Å². The van der Waals surface area contributed by atoms with Crippen molar-refractivity contribution in [2.24, 2.45) is 11.3 Å². The molecule has 2 unspecified atom stereocenters. The van der Waals surface area contributed by atoms with Crippen molar-refractivity contribution in [3.8, 4) is 0 Å². The molecular weight excluding hydrogens is 196 g/mol. The van der Waals surface area contributed by atoms with Gasteiger partial charge in [0.15, 0.2) is 0 Å². The Morgan fingerprint density at radius 3 is 2.56 bits per heavy atom. The van der Waals surface area contributed by atoms with Crippen LogP contribution < -0.4 is 5.32 Å². The third-order valence-electron chi connectivity index (χ3n) is 4.22. The maximum Gasteiger partial charge on any atom is 0.0159 e. The summed E-state index contributed by atoms with van der Waals surface area (Å²) in [6, 6.07) is 0.695. The van der Waals surface area contributed by atoms with Crippen LogP contribution in [0.1, 0.15) is 47.0 Å². The van der Waals surface area contributed by atoms with E-state index in [0.717, 1.165) is 19.0 Å². The third kappa shape index (κ3) is 3.46. The molecule has 1 aliphatic rings. The molecule has 0 aromatic heterocycles. The highest BCUT2D eigenvalue weighted by Gasteiger charge is 2.38. The van der Waals surface area contributed by atoms with Gasteiger partial charge in [0.25, 0.3) is 0 Å². The Labute approximate surface area is 102 Å². The fourth-order valence-electron chi connectivity index (χ4n) is 3.17. The van der Waals surface area contributed by atoms with Crippen molar-refractivity contribution in [1.82, 2.24) is 10.2 Å². The SMILES string of the molecule is CCNC1C(CN(C)CC)CCCC1(C)C. The van der Waals surface area contributed by atoms with Crippen molar-refractivity contribution in [1.29, 1.82) is 0 Å². The molecule has 1 fully saturated rings. The molecule has 16 heavy (non-hydrogen) atoms. The predicted molar refractivity (Wildman–Crippen MR) is 71.8 cm³/mol. The lowest BCUT2D eigenvalue weighted by Gasteiger charge is -2.45. The van der Waals surface area contributed by atoms with Gasteiger partial charge in [0.1, 0.15) is 0 Å². The van der Waals surface area contributed by atoms with Crippen LogP contribution >= 0.6 is 0 Å². The molecule has 0 radical (unpaired) electrons. The smallest absolute Gasteiger partial charge is 0.0159 e. The fraction of sp³-hybridized carbons (Fsp3) is 1.00. The Balaban J connectivity index is 2.64. The van der Waals surface area contributed by atoms with Crippen molar-refractivity contribution < 1.29 is 0 Å². The van der Waals surface area contributed by atoms with E-state index in [-0.39, 0.29) is 0 Å². The maximum absolute atomic E-state index is 3.73. The second-order valence-corrected chi connectivity index (χ2v) is 6.03. The quantitative estimate of drug-likeness (QED) is 0.775. The molecule has 0 aromatic rings. The molecule has 0 spiro atoms. The predicted octanol–water partition coefficient (Wildman–Crippen LogP) is 2.74. The zero-order chi connectivity index (χ0) is 12.2. The van der Waals surface area contributed by atoms with Crippen molar-refractivity contribution in [2.75, 3.05) is 26.7 Å². The van der Waals surface area contributed by atoms with Gasteiger partial charge in [0, 0.05) is 12.6 Å². The first-order valence-electron chi connectivity index (χ1n) is 6.93. The number of nitrogens with zero attached hydrogens (tertiary/aromatic N) is 1.